The van der Waals surface area contributed by atoms with Crippen molar-refractivity contribution in [3.63, 3.8) is 0 Å². The van der Waals surface area contributed by atoms with Gasteiger partial charge in [-0.1, -0.05) is 136 Å². The number of urea groups is 1. The van der Waals surface area contributed by atoms with Crippen LogP contribution in [0.4, 0.5) is 15.3 Å². The highest BCUT2D eigenvalue weighted by molar-refractivity contribution is 6.07. The summed E-state index contributed by atoms with van der Waals surface area (Å²) in [5.41, 5.74) is 11.3. The number of carbonyl (C=O) groups excluding carboxylic acids is 10. The van der Waals surface area contributed by atoms with E-state index in [0.29, 0.717) is 50.0 Å². The number of methoxy groups -OCH3 is 2. The van der Waals surface area contributed by atoms with Gasteiger partial charge in [0.05, 0.1) is 55.2 Å². The number of hydrogen-bond donors (Lipinski definition) is 9. The average molecular weight is 1400 g/mol. The van der Waals surface area contributed by atoms with E-state index in [1.807, 2.05) is 92.6 Å². The Morgan fingerprint density at radius 1 is 0.750 bits per heavy atom. The number of nitrogens with zero attached hydrogens (tertiary/aromatic N) is 4. The lowest BCUT2D eigenvalue weighted by atomic mass is 9.61. The second kappa shape index (κ2) is 35.9. The highest BCUT2D eigenvalue weighted by Crippen LogP contribution is 2.75. The first-order valence-electron chi connectivity index (χ1n) is 35.7. The predicted octanol–water partition coefficient (Wildman–Crippen LogP) is 6.01. The van der Waals surface area contributed by atoms with Gasteiger partial charge in [0.25, 0.3) is 0 Å². The number of rotatable bonds is 37. The molecule has 100 heavy (non-hydrogen) atoms. The standard InChI is InChI=1S/C74H116N12O14/c1-19-44(8)62(54(98-17)38-55(88)85-36-24-28-53(85)63(99-18)47(11)64(89)78-45(9)37-49-25-21-20-22-26-49)83(15)70(95)60(42(4)5)81-67(92)61(43(6)7)84(16)72(97)100-39-50-29-31-51(32-30-50)79-65(90)52(27-23-34-77-71(75)96)80-66(91)59(41(2)3)82-86-68(93)56-57-46(10)48(12)74(14,58(56)69(86)94)73(57,13)33-35-76-40-87/h20-22,25-26,29-32,41-45,47,52-54,56-63,76,82,87H,19,23-24,27-28,33-40H2,1-18H3,(H,78,89)(H,79,90)(H,80,91)(H,81,92)(H3,75,77,96)/t44-,45+,47+,52-,53-,54+,56?,57?,58?,59-,60-,61-,62-,63+,73?,74?/m0/s1. The van der Waals surface area contributed by atoms with Gasteiger partial charge in [-0.05, 0) is 124 Å². The minimum Gasteiger partial charge on any atom is -0.445 e. The maximum absolute atomic E-state index is 14.9. The summed E-state index contributed by atoms with van der Waals surface area (Å²) in [4.78, 5) is 145. The molecule has 4 aliphatic rings. The van der Waals surface area contributed by atoms with Crippen molar-refractivity contribution in [3.8, 4) is 0 Å². The van der Waals surface area contributed by atoms with E-state index in [1.165, 1.54) is 19.1 Å². The number of nitrogens with two attached hydrogens (primary N) is 1. The van der Waals surface area contributed by atoms with Crippen LogP contribution < -0.4 is 43.1 Å². The number of carbonyl (C=O) groups is 10. The van der Waals surface area contributed by atoms with Crippen LogP contribution in [-0.4, -0.2) is 193 Å². The summed E-state index contributed by atoms with van der Waals surface area (Å²) < 4.78 is 17.9. The fourth-order valence-corrected chi connectivity index (χ4v) is 16.3. The highest BCUT2D eigenvalue weighted by Gasteiger charge is 2.76. The van der Waals surface area contributed by atoms with Crippen LogP contribution in [0.1, 0.15) is 153 Å². The van der Waals surface area contributed by atoms with Gasteiger partial charge in [-0.3, -0.25) is 48.6 Å². The number of allylic oxidation sites excluding steroid dienone is 2. The Hall–Kier alpha value is -7.52. The van der Waals surface area contributed by atoms with Crippen LogP contribution in [0.25, 0.3) is 0 Å². The lowest BCUT2D eigenvalue weighted by Crippen LogP contribution is -2.60. The Morgan fingerprint density at radius 2 is 1.40 bits per heavy atom. The topological polar surface area (TPSA) is 342 Å². The molecule has 2 heterocycles. The molecule has 3 fully saturated rings. The van der Waals surface area contributed by atoms with Gasteiger partial charge in [0.1, 0.15) is 30.8 Å². The number of anilines is 1. The normalized spacial score (nSPS) is 23.3. The van der Waals surface area contributed by atoms with Crippen molar-refractivity contribution in [1.82, 2.24) is 51.7 Å². The molecule has 556 valence electrons. The molecule has 10 N–H and O–H groups in total. The molecule has 2 aliphatic heterocycles. The highest BCUT2D eigenvalue weighted by atomic mass is 16.6. The Balaban J connectivity index is 1.06. The quantitative estimate of drug-likeness (QED) is 0.0162. The van der Waals surface area contributed by atoms with E-state index in [9.17, 15) is 53.1 Å². The van der Waals surface area contributed by atoms with Gasteiger partial charge in [0.15, 0.2) is 0 Å². The van der Waals surface area contributed by atoms with Gasteiger partial charge in [0.2, 0.25) is 47.3 Å². The number of primary amides is 1. The third kappa shape index (κ3) is 18.2. The van der Waals surface area contributed by atoms with Gasteiger partial charge in [0, 0.05) is 58.5 Å². The number of nitrogens with one attached hydrogen (secondary N) is 7. The van der Waals surface area contributed by atoms with E-state index in [1.54, 1.807) is 75.9 Å². The molecule has 2 aromatic carbocycles. The number of hydrogen-bond acceptors (Lipinski definition) is 16. The monoisotopic (exact) mass is 1400 g/mol. The molecule has 11 amide bonds. The van der Waals surface area contributed by atoms with Crippen LogP contribution in [0.5, 0.6) is 0 Å². The number of aliphatic hydroxyl groups excluding tert-OH is 1. The second-order valence-corrected chi connectivity index (χ2v) is 29.6. The molecule has 2 aliphatic carbocycles. The van der Waals surface area contributed by atoms with E-state index in [-0.39, 0.29) is 74.9 Å². The zero-order valence-electron chi connectivity index (χ0n) is 62.3. The molecule has 1 saturated carbocycles. The molecule has 16 atom stereocenters. The molecule has 26 nitrogen and oxygen atoms in total. The Bertz CT molecular complexity index is 3220. The summed E-state index contributed by atoms with van der Waals surface area (Å²) in [6.45, 7) is 27.3. The van der Waals surface area contributed by atoms with Gasteiger partial charge in [-0.2, -0.15) is 0 Å². The Morgan fingerprint density at radius 3 is 1.98 bits per heavy atom. The third-order valence-electron chi connectivity index (χ3n) is 22.2. The smallest absolute Gasteiger partial charge is 0.410 e. The number of imide groups is 1. The molecule has 2 aromatic rings. The fraction of sp³-hybridized carbons (Fsp3) is 0.676. The fourth-order valence-electron chi connectivity index (χ4n) is 16.3. The van der Waals surface area contributed by atoms with Crippen LogP contribution in [0, 0.1) is 58.2 Å². The van der Waals surface area contributed by atoms with Crippen molar-refractivity contribution >= 4 is 65.1 Å². The number of fused-ring (bicyclic) bond motifs is 5. The van der Waals surface area contributed by atoms with Crippen molar-refractivity contribution in [1.29, 1.82) is 0 Å². The van der Waals surface area contributed by atoms with Gasteiger partial charge in [-0.15, -0.1) is 0 Å². The summed E-state index contributed by atoms with van der Waals surface area (Å²) in [5, 5.41) is 27.7. The van der Waals surface area contributed by atoms with Gasteiger partial charge >= 0.3 is 12.1 Å². The minimum atomic E-state index is -1.17. The van der Waals surface area contributed by atoms with Crippen molar-refractivity contribution in [2.45, 2.75) is 209 Å². The van der Waals surface area contributed by atoms with E-state index >= 15 is 0 Å². The third-order valence-corrected chi connectivity index (χ3v) is 22.2. The van der Waals surface area contributed by atoms with E-state index in [2.05, 4.69) is 44.3 Å². The molecular formula is C74H116N12O14. The van der Waals surface area contributed by atoms with E-state index < -0.39 is 136 Å². The number of likely N-dealkylation sites (tertiary alicyclic amines) is 1. The lowest BCUT2D eigenvalue weighted by Gasteiger charge is -2.43. The van der Waals surface area contributed by atoms with Crippen LogP contribution in [0.2, 0.25) is 0 Å². The molecule has 0 radical (unpaired) electrons. The largest absolute Gasteiger partial charge is 0.445 e. The number of aliphatic hydroxyl groups is 1. The van der Waals surface area contributed by atoms with Crippen LogP contribution in [0.15, 0.2) is 65.7 Å². The van der Waals surface area contributed by atoms with Crippen LogP contribution >= 0.6 is 0 Å². The summed E-state index contributed by atoms with van der Waals surface area (Å²) >= 11 is 0. The predicted molar refractivity (Wildman–Crippen MR) is 379 cm³/mol. The average Bonchev–Trinajstić information content (AvgIpc) is 1.49. The van der Waals surface area contributed by atoms with Crippen molar-refractivity contribution in [2.75, 3.05) is 60.0 Å². The first-order chi connectivity index (χ1) is 47.2. The molecule has 5 unspecified atom stereocenters. The maximum atomic E-state index is 14.9. The number of ether oxygens (including phenoxy) is 3. The number of likely N-dealkylation sites (N-methyl/N-ethyl adjacent to an activating group) is 2. The number of benzene rings is 2. The van der Waals surface area contributed by atoms with Crippen molar-refractivity contribution in [3.05, 3.63) is 76.9 Å². The van der Waals surface area contributed by atoms with E-state index in [4.69, 9.17) is 19.9 Å². The molecule has 0 spiro atoms. The Labute approximate surface area is 591 Å². The van der Waals surface area contributed by atoms with Gasteiger partial charge < -0.3 is 61.4 Å². The van der Waals surface area contributed by atoms with E-state index in [0.717, 1.165) is 28.1 Å². The number of hydrazine groups is 1. The molecular weight excluding hydrogens is 1280 g/mol. The molecule has 0 aromatic heterocycles. The first-order valence-corrected chi connectivity index (χ1v) is 35.7. The summed E-state index contributed by atoms with van der Waals surface area (Å²) in [5.74, 6) is -7.08. The summed E-state index contributed by atoms with van der Waals surface area (Å²) in [6, 6.07) is 10.0. The zero-order chi connectivity index (χ0) is 74.4. The first kappa shape index (κ1) is 81.4. The van der Waals surface area contributed by atoms with Crippen molar-refractivity contribution in [2.24, 2.45) is 63.9 Å². The lowest BCUT2D eigenvalue weighted by molar-refractivity contribution is -0.149. The summed E-state index contributed by atoms with van der Waals surface area (Å²) in [7, 11) is 6.18. The maximum Gasteiger partial charge on any atom is 0.410 e. The Kier molecular flexibility index (Phi) is 29.2. The second-order valence-electron chi connectivity index (χ2n) is 29.6. The van der Waals surface area contributed by atoms with Crippen molar-refractivity contribution < 1.29 is 67.3 Å². The molecule has 6 rings (SSSR count). The van der Waals surface area contributed by atoms with Crippen LogP contribution in [-0.2, 0) is 65.6 Å². The SMILES string of the molecule is CC[C@H](C)[C@@H]([C@@H](CC(=O)N1CCC[C@H]1[C@H](OC)[C@@H](C)C(=O)N[C@H](C)Cc1ccccc1)OC)N(C)C(=O)[C@@H](NC(=O)[C@H](C(C)C)N(C)C(=O)OCc1ccc(NC(=O)[C@H](CCCNC(N)=O)NC(=O)[C@@H](NN2C(=O)C3C4C(C)=C(C)C(C)(C3C2=O)C4(C)CCNCO)C(C)C)cc1)C(C)C. The zero-order valence-corrected chi connectivity index (χ0v) is 62.3. The summed E-state index contributed by atoms with van der Waals surface area (Å²) in [6.07, 6.45) is 1.36. The minimum absolute atomic E-state index is 0.0551. The van der Waals surface area contributed by atoms with Gasteiger partial charge in [-0.25, -0.2) is 20.0 Å². The molecule has 2 bridgehead atoms. The molecule has 26 heteroatoms. The van der Waals surface area contributed by atoms with Crippen LogP contribution in [0.3, 0.4) is 0 Å². The number of amides is 11. The molecule has 2 saturated heterocycles.